The van der Waals surface area contributed by atoms with Crippen molar-refractivity contribution >= 4 is 17.5 Å². The first-order valence-corrected chi connectivity index (χ1v) is 12.4. The van der Waals surface area contributed by atoms with Gasteiger partial charge in [-0.15, -0.1) is 6.42 Å². The first-order chi connectivity index (χ1) is 17.3. The summed E-state index contributed by atoms with van der Waals surface area (Å²) in [7, 11) is 0. The number of hydrogen-bond donors (Lipinski definition) is 1. The number of piperidine rings is 1. The predicted octanol–water partition coefficient (Wildman–Crippen LogP) is 5.24. The van der Waals surface area contributed by atoms with Crippen molar-refractivity contribution in [1.82, 2.24) is 14.9 Å². The molecule has 1 N–H and O–H groups in total. The van der Waals surface area contributed by atoms with Crippen LogP contribution in [0.3, 0.4) is 0 Å². The van der Waals surface area contributed by atoms with Gasteiger partial charge in [0.1, 0.15) is 5.69 Å². The molecule has 0 spiro atoms. The normalized spacial score (nSPS) is 13.9. The van der Waals surface area contributed by atoms with Gasteiger partial charge in [-0.2, -0.15) is 0 Å². The molecule has 1 fully saturated rings. The average Bonchev–Trinajstić information content (AvgIpc) is 2.89. The van der Waals surface area contributed by atoms with Gasteiger partial charge in [0.15, 0.2) is 0 Å². The Morgan fingerprint density at radius 1 is 1.08 bits per heavy atom. The number of nitrogens with one attached hydrogen (secondary N) is 1. The molecule has 0 radical (unpaired) electrons. The highest BCUT2D eigenvalue weighted by Crippen LogP contribution is 2.29. The zero-order valence-corrected chi connectivity index (χ0v) is 21.1. The number of rotatable bonds is 6. The van der Waals surface area contributed by atoms with Crippen molar-refractivity contribution in [2.75, 3.05) is 18.4 Å². The minimum absolute atomic E-state index is 0.119. The van der Waals surface area contributed by atoms with Crippen molar-refractivity contribution < 1.29 is 9.59 Å². The van der Waals surface area contributed by atoms with Gasteiger partial charge in [0.2, 0.25) is 0 Å². The van der Waals surface area contributed by atoms with E-state index >= 15 is 0 Å². The van der Waals surface area contributed by atoms with E-state index in [1.54, 1.807) is 24.5 Å². The molecule has 184 valence electrons. The lowest BCUT2D eigenvalue weighted by molar-refractivity contribution is 0.0706. The van der Waals surface area contributed by atoms with E-state index in [1.807, 2.05) is 30.0 Å². The van der Waals surface area contributed by atoms with E-state index in [-0.39, 0.29) is 11.8 Å². The van der Waals surface area contributed by atoms with E-state index < -0.39 is 0 Å². The molecule has 0 bridgehead atoms. The van der Waals surface area contributed by atoms with Crippen LogP contribution in [0.5, 0.6) is 0 Å². The molecule has 2 amide bonds. The summed E-state index contributed by atoms with van der Waals surface area (Å²) in [4.78, 5) is 36.6. The molecule has 36 heavy (non-hydrogen) atoms. The summed E-state index contributed by atoms with van der Waals surface area (Å²) in [6, 6.07) is 13.4. The maximum atomic E-state index is 13.2. The highest BCUT2D eigenvalue weighted by atomic mass is 16.2. The van der Waals surface area contributed by atoms with Gasteiger partial charge in [0.05, 0.1) is 5.56 Å². The van der Waals surface area contributed by atoms with E-state index in [9.17, 15) is 9.59 Å². The van der Waals surface area contributed by atoms with E-state index in [0.717, 1.165) is 36.1 Å². The first-order valence-electron chi connectivity index (χ1n) is 12.4. The first kappa shape index (κ1) is 25.1. The van der Waals surface area contributed by atoms with E-state index in [1.165, 1.54) is 5.56 Å². The number of terminal acetylenes is 1. The van der Waals surface area contributed by atoms with Crippen LogP contribution in [0, 0.1) is 25.2 Å². The third kappa shape index (κ3) is 5.98. The molecule has 2 aromatic heterocycles. The van der Waals surface area contributed by atoms with Gasteiger partial charge in [0.25, 0.3) is 11.8 Å². The van der Waals surface area contributed by atoms with Gasteiger partial charge in [0, 0.05) is 42.4 Å². The maximum absolute atomic E-state index is 13.2. The Bertz CT molecular complexity index is 1270. The van der Waals surface area contributed by atoms with Crippen molar-refractivity contribution in [2.24, 2.45) is 5.92 Å². The van der Waals surface area contributed by atoms with E-state index in [4.69, 9.17) is 6.42 Å². The highest BCUT2D eigenvalue weighted by Gasteiger charge is 2.26. The summed E-state index contributed by atoms with van der Waals surface area (Å²) in [6.07, 6.45) is 11.3. The lowest BCUT2D eigenvalue weighted by Gasteiger charge is -2.32. The largest absolute Gasteiger partial charge is 0.337 e. The van der Waals surface area contributed by atoms with Gasteiger partial charge in [-0.3, -0.25) is 19.6 Å². The number of pyridine rings is 2. The molecule has 6 heteroatoms. The minimum Gasteiger partial charge on any atom is -0.337 e. The summed E-state index contributed by atoms with van der Waals surface area (Å²) >= 11 is 0. The fourth-order valence-electron chi connectivity index (χ4n) is 4.50. The Morgan fingerprint density at radius 2 is 1.81 bits per heavy atom. The van der Waals surface area contributed by atoms with Crippen molar-refractivity contribution in [3.63, 3.8) is 0 Å². The number of aryl methyl sites for hydroxylation is 1. The number of likely N-dealkylation sites (tertiary alicyclic amines) is 1. The van der Waals surface area contributed by atoms with Crippen molar-refractivity contribution in [1.29, 1.82) is 0 Å². The molecule has 0 aliphatic carbocycles. The third-order valence-electron chi connectivity index (χ3n) is 6.61. The molecule has 1 aliphatic heterocycles. The number of carbonyl (C=O) groups is 2. The van der Waals surface area contributed by atoms with Gasteiger partial charge >= 0.3 is 0 Å². The van der Waals surface area contributed by atoms with Crippen molar-refractivity contribution in [3.05, 3.63) is 88.5 Å². The monoisotopic (exact) mass is 480 g/mol. The molecule has 0 saturated carbocycles. The average molecular weight is 481 g/mol. The van der Waals surface area contributed by atoms with Crippen LogP contribution >= 0.6 is 0 Å². The SMILES string of the molecule is C#Cc1ccc(C2CCN(C(=O)c3cc(NC(=O)c4ccc(CC(C)C)nc4)c(C)cn3)CC2)cc1. The Morgan fingerprint density at radius 3 is 2.42 bits per heavy atom. The number of nitrogens with zero attached hydrogens (tertiary/aromatic N) is 3. The summed E-state index contributed by atoms with van der Waals surface area (Å²) in [5.41, 5.74) is 5.27. The van der Waals surface area contributed by atoms with Crippen LogP contribution in [0.2, 0.25) is 0 Å². The van der Waals surface area contributed by atoms with Crippen LogP contribution in [0.1, 0.15) is 75.8 Å². The summed E-state index contributed by atoms with van der Waals surface area (Å²) in [5, 5.41) is 2.92. The number of aromatic nitrogens is 2. The molecular weight excluding hydrogens is 448 g/mol. The molecular formula is C30H32N4O2. The van der Waals surface area contributed by atoms with Crippen LogP contribution in [-0.2, 0) is 6.42 Å². The van der Waals surface area contributed by atoms with Crippen LogP contribution < -0.4 is 5.32 Å². The zero-order valence-electron chi connectivity index (χ0n) is 21.1. The van der Waals surface area contributed by atoms with Gasteiger partial charge in [-0.05, 0) is 79.5 Å². The second-order valence-corrected chi connectivity index (χ2v) is 9.81. The third-order valence-corrected chi connectivity index (χ3v) is 6.61. The predicted molar refractivity (Wildman–Crippen MR) is 142 cm³/mol. The number of amides is 2. The molecule has 6 nitrogen and oxygen atoms in total. The number of carbonyl (C=O) groups excluding carboxylic acids is 2. The lowest BCUT2D eigenvalue weighted by atomic mass is 9.89. The molecule has 3 aromatic rings. The fourth-order valence-corrected chi connectivity index (χ4v) is 4.50. The van der Waals surface area contributed by atoms with Crippen LogP contribution in [0.4, 0.5) is 5.69 Å². The Hall–Kier alpha value is -3.98. The molecule has 4 rings (SSSR count). The van der Waals surface area contributed by atoms with E-state index in [2.05, 4.69) is 47.2 Å². The summed E-state index contributed by atoms with van der Waals surface area (Å²) in [6.45, 7) is 7.44. The molecule has 1 aliphatic rings. The van der Waals surface area contributed by atoms with Crippen molar-refractivity contribution in [2.45, 2.75) is 46.0 Å². The number of hydrogen-bond acceptors (Lipinski definition) is 4. The highest BCUT2D eigenvalue weighted by molar-refractivity contribution is 6.05. The smallest absolute Gasteiger partial charge is 0.272 e. The Kier molecular flexibility index (Phi) is 7.80. The second-order valence-electron chi connectivity index (χ2n) is 9.81. The number of anilines is 1. The van der Waals surface area contributed by atoms with Crippen LogP contribution in [0.15, 0.2) is 54.9 Å². The van der Waals surface area contributed by atoms with Gasteiger partial charge < -0.3 is 10.2 Å². The van der Waals surface area contributed by atoms with Gasteiger partial charge in [-0.1, -0.05) is 31.9 Å². The molecule has 0 atom stereocenters. The Balaban J connectivity index is 1.39. The molecule has 3 heterocycles. The second kappa shape index (κ2) is 11.2. The molecule has 1 aromatic carbocycles. The van der Waals surface area contributed by atoms with Crippen LogP contribution in [-0.4, -0.2) is 39.8 Å². The molecule has 1 saturated heterocycles. The summed E-state index contributed by atoms with van der Waals surface area (Å²) in [5.74, 6) is 3.17. The quantitative estimate of drug-likeness (QED) is 0.490. The molecule has 0 unspecified atom stereocenters. The Labute approximate surface area is 213 Å². The minimum atomic E-state index is -0.261. The lowest BCUT2D eigenvalue weighted by Crippen LogP contribution is -2.38. The van der Waals surface area contributed by atoms with Crippen LogP contribution in [0.25, 0.3) is 0 Å². The summed E-state index contributed by atoms with van der Waals surface area (Å²) < 4.78 is 0. The number of benzene rings is 1. The fraction of sp³-hybridized carbons (Fsp3) is 0.333. The van der Waals surface area contributed by atoms with E-state index in [0.29, 0.717) is 41.9 Å². The van der Waals surface area contributed by atoms with Crippen molar-refractivity contribution in [3.8, 4) is 12.3 Å². The zero-order chi connectivity index (χ0) is 25.7. The maximum Gasteiger partial charge on any atom is 0.272 e. The topological polar surface area (TPSA) is 75.2 Å². The standard InChI is InChI=1S/C30H32N4O2/c1-5-22-6-8-23(9-7-22)24-12-14-34(15-13-24)30(36)28-17-27(21(4)18-32-28)33-29(35)25-10-11-26(31-19-25)16-20(2)3/h1,6-11,17-20,24H,12-16H2,2-4H3,(H,32,33,35). The van der Waals surface area contributed by atoms with Gasteiger partial charge in [-0.25, -0.2) is 0 Å².